The van der Waals surface area contributed by atoms with Gasteiger partial charge in [0.25, 0.3) is 5.91 Å². The van der Waals surface area contributed by atoms with Crippen molar-refractivity contribution in [3.63, 3.8) is 0 Å². The van der Waals surface area contributed by atoms with E-state index in [9.17, 15) is 24.0 Å². The highest BCUT2D eigenvalue weighted by Crippen LogP contribution is 2.69. The summed E-state index contributed by atoms with van der Waals surface area (Å²) in [4.78, 5) is 71.3. The number of unbranched alkanes of at least 4 members (excludes halogenated alkanes) is 3. The smallest absolute Gasteiger partial charge is 0.347 e. The molecular formula is C46H53NO9S4. The Morgan fingerprint density at radius 1 is 0.567 bits per heavy atom. The normalized spacial score (nSPS) is 14.7. The highest BCUT2D eigenvalue weighted by molar-refractivity contribution is 8.26. The fourth-order valence-electron chi connectivity index (χ4n) is 6.55. The molecule has 14 heteroatoms. The summed E-state index contributed by atoms with van der Waals surface area (Å²) in [6.45, 7) is 11.4. The van der Waals surface area contributed by atoms with E-state index in [1.165, 1.54) is 23.5 Å². The van der Waals surface area contributed by atoms with Gasteiger partial charge < -0.3 is 24.3 Å². The van der Waals surface area contributed by atoms with Crippen LogP contribution in [0.1, 0.15) is 105 Å². The maximum atomic E-state index is 14.3. The number of carbonyl (C=O) groups is 5. The Morgan fingerprint density at radius 2 is 1.02 bits per heavy atom. The second kappa shape index (κ2) is 23.2. The number of esters is 4. The lowest BCUT2D eigenvalue weighted by Crippen LogP contribution is -2.22. The molecule has 0 spiro atoms. The molecule has 0 saturated carbocycles. The number of anilines is 1. The Morgan fingerprint density at radius 3 is 1.47 bits per heavy atom. The van der Waals surface area contributed by atoms with Crippen LogP contribution in [0.2, 0.25) is 0 Å². The van der Waals surface area contributed by atoms with Gasteiger partial charge in [-0.1, -0.05) is 155 Å². The van der Waals surface area contributed by atoms with Crippen molar-refractivity contribution in [2.75, 3.05) is 18.5 Å². The SMILES string of the molecule is CCCCCC(CC)C(=O)Oc1c2c(c(OC(=O)C(CC)CCCC)c3c1SC(=C(C(=O)Nc1ccccc1)c1ccccc1)S3)SC(=C(C(=O)OCC)C(=O)OCC)S2. The summed E-state index contributed by atoms with van der Waals surface area (Å²) >= 11 is 4.64. The summed E-state index contributed by atoms with van der Waals surface area (Å²) < 4.78 is 24.4. The molecule has 0 bridgehead atoms. The number of nitrogens with one attached hydrogen (secondary N) is 1. The first kappa shape index (κ1) is 46.9. The minimum atomic E-state index is -0.859. The van der Waals surface area contributed by atoms with Gasteiger partial charge >= 0.3 is 23.9 Å². The molecule has 0 aromatic heterocycles. The van der Waals surface area contributed by atoms with Gasteiger partial charge in [-0.3, -0.25) is 14.4 Å². The van der Waals surface area contributed by atoms with Gasteiger partial charge in [0.1, 0.15) is 0 Å². The highest BCUT2D eigenvalue weighted by atomic mass is 32.2. The van der Waals surface area contributed by atoms with Crippen LogP contribution in [0.5, 0.6) is 11.5 Å². The van der Waals surface area contributed by atoms with Gasteiger partial charge in [-0.15, -0.1) is 0 Å². The molecule has 0 radical (unpaired) electrons. The van der Waals surface area contributed by atoms with E-state index in [0.29, 0.717) is 66.3 Å². The molecule has 2 heterocycles. The molecule has 0 aliphatic carbocycles. The number of hydrogen-bond acceptors (Lipinski definition) is 13. The van der Waals surface area contributed by atoms with Gasteiger partial charge in [-0.2, -0.15) is 0 Å². The minimum Gasteiger partial charge on any atom is -0.462 e. The highest BCUT2D eigenvalue weighted by Gasteiger charge is 2.43. The molecule has 3 aromatic rings. The third-order valence-electron chi connectivity index (χ3n) is 9.82. The number of hydrogen-bond donors (Lipinski definition) is 1. The Labute approximate surface area is 370 Å². The molecule has 60 heavy (non-hydrogen) atoms. The standard InChI is InChI=1S/C46H53NO9S4/c1-7-13-17-23-29(10-4)42(50)56-35-37-36(57-45(58-37)32(30-24-18-15-19-25-30)40(48)47-31-26-20-16-21-27-31)34(55-41(49)28(9-3)22-14-8-2)38-39(35)60-46(59-38)33(43(51)53-11-5)44(52)54-12-6/h15-16,18-21,24-29H,7-14,17,22-23H2,1-6H3,(H,47,48). The summed E-state index contributed by atoms with van der Waals surface area (Å²) in [6.07, 6.45) is 6.99. The second-order valence-electron chi connectivity index (χ2n) is 14.0. The maximum absolute atomic E-state index is 14.3. The van der Waals surface area contributed by atoms with Crippen molar-refractivity contribution in [3.8, 4) is 11.5 Å². The van der Waals surface area contributed by atoms with Crippen LogP contribution in [0, 0.1) is 11.8 Å². The zero-order valence-corrected chi connectivity index (χ0v) is 38.3. The molecule has 0 saturated heterocycles. The van der Waals surface area contributed by atoms with Crippen LogP contribution in [-0.4, -0.2) is 43.0 Å². The summed E-state index contributed by atoms with van der Waals surface area (Å²) in [7, 11) is 0. The van der Waals surface area contributed by atoms with E-state index in [1.807, 2.05) is 74.5 Å². The van der Waals surface area contributed by atoms with Crippen LogP contribution in [0.3, 0.4) is 0 Å². The van der Waals surface area contributed by atoms with Crippen LogP contribution in [0.4, 0.5) is 5.69 Å². The van der Waals surface area contributed by atoms with Crippen molar-refractivity contribution in [1.82, 2.24) is 0 Å². The Kier molecular flexibility index (Phi) is 18.2. The minimum absolute atomic E-state index is 0.0217. The van der Waals surface area contributed by atoms with Crippen molar-refractivity contribution in [3.05, 3.63) is 80.3 Å². The summed E-state index contributed by atoms with van der Waals surface area (Å²) in [5.41, 5.74) is 1.36. The Hall–Kier alpha value is -4.11. The average molecular weight is 892 g/mol. The number of rotatable bonds is 20. The van der Waals surface area contributed by atoms with Crippen LogP contribution in [0.15, 0.2) is 94.3 Å². The van der Waals surface area contributed by atoms with E-state index in [-0.39, 0.29) is 40.4 Å². The number of carbonyl (C=O) groups excluding carboxylic acids is 5. The van der Waals surface area contributed by atoms with E-state index >= 15 is 0 Å². The number of fused-ring (bicyclic) bond motifs is 2. The predicted octanol–water partition coefficient (Wildman–Crippen LogP) is 12.1. The van der Waals surface area contributed by atoms with Gasteiger partial charge in [0, 0.05) is 5.69 Å². The third kappa shape index (κ3) is 11.4. The van der Waals surface area contributed by atoms with Crippen LogP contribution < -0.4 is 14.8 Å². The first-order chi connectivity index (χ1) is 29.1. The molecule has 2 atom stereocenters. The molecule has 3 aromatic carbocycles. The van der Waals surface area contributed by atoms with Crippen LogP contribution >= 0.6 is 47.0 Å². The first-order valence-electron chi connectivity index (χ1n) is 20.7. The van der Waals surface area contributed by atoms with Gasteiger partial charge in [0.05, 0.1) is 58.7 Å². The number of thioether (sulfide) groups is 4. The predicted molar refractivity (Wildman–Crippen MR) is 241 cm³/mol. The summed E-state index contributed by atoms with van der Waals surface area (Å²) in [6, 6.07) is 18.5. The van der Waals surface area contributed by atoms with E-state index in [2.05, 4.69) is 19.2 Å². The van der Waals surface area contributed by atoms with Crippen molar-refractivity contribution in [1.29, 1.82) is 0 Å². The van der Waals surface area contributed by atoms with Crippen molar-refractivity contribution >= 4 is 88.1 Å². The molecule has 2 aliphatic heterocycles. The van der Waals surface area contributed by atoms with Gasteiger partial charge in [-0.25, -0.2) is 9.59 Å². The lowest BCUT2D eigenvalue weighted by molar-refractivity contribution is -0.147. The van der Waals surface area contributed by atoms with E-state index in [4.69, 9.17) is 18.9 Å². The van der Waals surface area contributed by atoms with E-state index in [0.717, 1.165) is 55.6 Å². The summed E-state index contributed by atoms with van der Waals surface area (Å²) in [5.74, 6) is -3.28. The third-order valence-corrected chi connectivity index (χ3v) is 15.0. The fourth-order valence-corrected chi connectivity index (χ4v) is 12.1. The lowest BCUT2D eigenvalue weighted by Gasteiger charge is -2.20. The van der Waals surface area contributed by atoms with Gasteiger partial charge in [0.15, 0.2) is 17.1 Å². The quantitative estimate of drug-likeness (QED) is 0.0288. The zero-order chi connectivity index (χ0) is 43.2. The van der Waals surface area contributed by atoms with Crippen LogP contribution in [-0.2, 0) is 33.4 Å². The largest absolute Gasteiger partial charge is 0.462 e. The molecule has 1 N–H and O–H groups in total. The number of ether oxygens (including phenoxy) is 4. The van der Waals surface area contributed by atoms with Crippen LogP contribution in [0.25, 0.3) is 5.57 Å². The maximum Gasteiger partial charge on any atom is 0.347 e. The second-order valence-corrected chi connectivity index (χ2v) is 18.6. The number of amides is 1. The van der Waals surface area contributed by atoms with Gasteiger partial charge in [0.2, 0.25) is 0 Å². The molecular weight excluding hydrogens is 839 g/mol. The Balaban J connectivity index is 1.77. The number of para-hydroxylation sites is 1. The lowest BCUT2D eigenvalue weighted by atomic mass is 9.99. The summed E-state index contributed by atoms with van der Waals surface area (Å²) in [5, 5.41) is 3.04. The molecule has 5 rings (SSSR count). The topological polar surface area (TPSA) is 134 Å². The van der Waals surface area contributed by atoms with E-state index < -0.39 is 35.7 Å². The van der Waals surface area contributed by atoms with E-state index in [1.54, 1.807) is 13.8 Å². The van der Waals surface area contributed by atoms with Crippen molar-refractivity contribution in [2.24, 2.45) is 11.8 Å². The van der Waals surface area contributed by atoms with Crippen molar-refractivity contribution < 1.29 is 42.9 Å². The molecule has 1 amide bonds. The zero-order valence-electron chi connectivity index (χ0n) is 35.0. The van der Waals surface area contributed by atoms with Crippen molar-refractivity contribution in [2.45, 2.75) is 119 Å². The first-order valence-corrected chi connectivity index (χ1v) is 24.0. The molecule has 2 unspecified atom stereocenters. The molecule has 2 aliphatic rings. The van der Waals surface area contributed by atoms with Gasteiger partial charge in [-0.05, 0) is 57.2 Å². The molecule has 0 fully saturated rings. The number of benzene rings is 3. The monoisotopic (exact) mass is 891 g/mol. The average Bonchev–Trinajstić information content (AvgIpc) is 3.88. The molecule has 320 valence electrons. The Bertz CT molecular complexity index is 2080. The molecule has 10 nitrogen and oxygen atoms in total. The fraction of sp³-hybridized carbons (Fsp3) is 0.413.